The number of nitrogens with one attached hydrogen (secondary N) is 2. The summed E-state index contributed by atoms with van der Waals surface area (Å²) in [6.45, 7) is 1.84. The Morgan fingerprint density at radius 1 is 1.03 bits per heavy atom. The molecule has 0 bridgehead atoms. The van der Waals surface area contributed by atoms with Crippen LogP contribution in [0.15, 0.2) is 79.4 Å². The number of urea groups is 1. The number of hydrogen-bond acceptors (Lipinski definition) is 4. The van der Waals surface area contributed by atoms with E-state index in [9.17, 15) is 9.59 Å². The molecule has 1 saturated heterocycles. The van der Waals surface area contributed by atoms with Crippen LogP contribution in [0.3, 0.4) is 0 Å². The van der Waals surface area contributed by atoms with Gasteiger partial charge in [-0.05, 0) is 60.2 Å². The summed E-state index contributed by atoms with van der Waals surface area (Å²) in [5, 5.41) is 11.1. The number of carbonyl (C=O) groups is 2. The number of para-hydroxylation sites is 1. The largest absolute Gasteiger partial charge is 0.339 e. The van der Waals surface area contributed by atoms with E-state index in [1.54, 1.807) is 17.1 Å². The number of pyridine rings is 1. The van der Waals surface area contributed by atoms with Crippen molar-refractivity contribution in [2.75, 3.05) is 18.4 Å². The smallest absolute Gasteiger partial charge is 0.319 e. The Morgan fingerprint density at radius 3 is 2.66 bits per heavy atom. The second kappa shape index (κ2) is 10.0. The van der Waals surface area contributed by atoms with E-state index in [2.05, 4.69) is 32.8 Å². The van der Waals surface area contributed by atoms with Crippen molar-refractivity contribution in [3.05, 3.63) is 96.1 Å². The van der Waals surface area contributed by atoms with E-state index < -0.39 is 0 Å². The maximum absolute atomic E-state index is 13.3. The molecule has 0 radical (unpaired) electrons. The third kappa shape index (κ3) is 4.70. The molecule has 0 spiro atoms. The monoisotopic (exact) mass is 507 g/mol. The van der Waals surface area contributed by atoms with Crippen molar-refractivity contribution in [2.24, 2.45) is 7.05 Å². The standard InChI is InChI=1S/C29H29N7O2/c1-34-27-23(19-32-34)3-2-4-25(27)28(37)36-14-10-22(11-15-36)21-5-7-24(8-6-21)33-29(38)31-18-20-9-13-35-16-12-30-26(35)17-20/h2-9,12-13,16-17,19,22H,10-11,14-15,18H2,1H3,(H2,31,33,38). The molecule has 0 saturated carbocycles. The number of aryl methyl sites for hydroxylation is 1. The molecule has 2 aromatic carbocycles. The third-order valence-electron chi connectivity index (χ3n) is 7.33. The second-order valence-electron chi connectivity index (χ2n) is 9.74. The van der Waals surface area contributed by atoms with Crippen LogP contribution in [0, 0.1) is 0 Å². The van der Waals surface area contributed by atoms with Gasteiger partial charge in [-0.25, -0.2) is 9.78 Å². The number of fused-ring (bicyclic) bond motifs is 2. The SMILES string of the molecule is Cn1ncc2cccc(C(=O)N3CCC(c4ccc(NC(=O)NCc5ccn6ccnc6c5)cc4)CC3)c21. The molecule has 4 heterocycles. The molecule has 0 unspecified atom stereocenters. The first kappa shape index (κ1) is 23.7. The van der Waals surface area contributed by atoms with Gasteiger partial charge < -0.3 is 19.9 Å². The number of benzene rings is 2. The fourth-order valence-corrected chi connectivity index (χ4v) is 5.25. The van der Waals surface area contributed by atoms with E-state index in [4.69, 9.17) is 0 Å². The van der Waals surface area contributed by atoms with Crippen LogP contribution in [0.1, 0.15) is 40.2 Å². The number of anilines is 1. The van der Waals surface area contributed by atoms with E-state index in [0.29, 0.717) is 31.1 Å². The highest BCUT2D eigenvalue weighted by Crippen LogP contribution is 2.30. The van der Waals surface area contributed by atoms with E-state index in [0.717, 1.165) is 40.6 Å². The zero-order valence-electron chi connectivity index (χ0n) is 21.2. The lowest BCUT2D eigenvalue weighted by molar-refractivity contribution is 0.0714. The molecule has 2 N–H and O–H groups in total. The molecule has 6 rings (SSSR count). The number of rotatable bonds is 5. The van der Waals surface area contributed by atoms with Gasteiger partial charge in [-0.15, -0.1) is 0 Å². The number of likely N-dealkylation sites (tertiary alicyclic amines) is 1. The summed E-state index contributed by atoms with van der Waals surface area (Å²) in [6.07, 6.45) is 9.16. The Balaban J connectivity index is 1.02. The summed E-state index contributed by atoms with van der Waals surface area (Å²) in [5.41, 5.74) is 5.39. The normalized spacial score (nSPS) is 14.2. The van der Waals surface area contributed by atoms with Crippen LogP contribution in [0.4, 0.5) is 10.5 Å². The van der Waals surface area contributed by atoms with E-state index in [1.165, 1.54) is 5.56 Å². The fraction of sp³-hybridized carbons (Fsp3) is 0.241. The van der Waals surface area contributed by atoms with Crippen LogP contribution in [0.5, 0.6) is 0 Å². The molecule has 3 amide bonds. The van der Waals surface area contributed by atoms with Crippen LogP contribution < -0.4 is 10.6 Å². The van der Waals surface area contributed by atoms with Crippen LogP contribution >= 0.6 is 0 Å². The quantitative estimate of drug-likeness (QED) is 0.364. The third-order valence-corrected chi connectivity index (χ3v) is 7.33. The van der Waals surface area contributed by atoms with Gasteiger partial charge in [0.15, 0.2) is 0 Å². The molecule has 192 valence electrons. The molecular formula is C29H29N7O2. The first-order chi connectivity index (χ1) is 18.5. The van der Waals surface area contributed by atoms with Crippen molar-refractivity contribution >= 4 is 34.2 Å². The zero-order valence-corrected chi connectivity index (χ0v) is 21.2. The molecule has 0 aliphatic carbocycles. The Morgan fingerprint density at radius 2 is 1.84 bits per heavy atom. The summed E-state index contributed by atoms with van der Waals surface area (Å²) in [4.78, 5) is 31.9. The van der Waals surface area contributed by atoms with E-state index >= 15 is 0 Å². The Labute approximate surface area is 220 Å². The van der Waals surface area contributed by atoms with Crippen molar-refractivity contribution in [1.82, 2.24) is 29.4 Å². The van der Waals surface area contributed by atoms with Crippen LogP contribution in [-0.4, -0.2) is 49.1 Å². The first-order valence-electron chi connectivity index (χ1n) is 12.8. The highest BCUT2D eigenvalue weighted by atomic mass is 16.2. The Hall–Kier alpha value is -4.66. The zero-order chi connectivity index (χ0) is 26.1. The molecule has 3 aromatic heterocycles. The van der Waals surface area contributed by atoms with E-state index in [-0.39, 0.29) is 11.9 Å². The molecule has 1 aliphatic rings. The molecule has 1 aliphatic heterocycles. The number of amides is 3. The fourth-order valence-electron chi connectivity index (χ4n) is 5.25. The molecule has 9 nitrogen and oxygen atoms in total. The van der Waals surface area contributed by atoms with Gasteiger partial charge >= 0.3 is 6.03 Å². The van der Waals surface area contributed by atoms with Gasteiger partial charge in [0.2, 0.25) is 0 Å². The van der Waals surface area contributed by atoms with Gasteiger partial charge in [-0.1, -0.05) is 24.3 Å². The number of piperidine rings is 1. The van der Waals surface area contributed by atoms with Crippen LogP contribution in [-0.2, 0) is 13.6 Å². The van der Waals surface area contributed by atoms with Crippen molar-refractivity contribution < 1.29 is 9.59 Å². The van der Waals surface area contributed by atoms with Gasteiger partial charge in [-0.2, -0.15) is 5.10 Å². The summed E-state index contributed by atoms with van der Waals surface area (Å²) >= 11 is 0. The minimum Gasteiger partial charge on any atom is -0.339 e. The molecule has 0 atom stereocenters. The minimum atomic E-state index is -0.253. The number of nitrogens with zero attached hydrogens (tertiary/aromatic N) is 5. The highest BCUT2D eigenvalue weighted by Gasteiger charge is 2.26. The van der Waals surface area contributed by atoms with Crippen molar-refractivity contribution in [3.63, 3.8) is 0 Å². The van der Waals surface area contributed by atoms with Gasteiger partial charge in [-0.3, -0.25) is 9.48 Å². The first-order valence-corrected chi connectivity index (χ1v) is 12.8. The van der Waals surface area contributed by atoms with Gasteiger partial charge in [0, 0.05) is 56.3 Å². The minimum absolute atomic E-state index is 0.0629. The summed E-state index contributed by atoms with van der Waals surface area (Å²) < 4.78 is 3.70. The highest BCUT2D eigenvalue weighted by molar-refractivity contribution is 6.05. The molecule has 5 aromatic rings. The molecule has 38 heavy (non-hydrogen) atoms. The van der Waals surface area contributed by atoms with Crippen molar-refractivity contribution in [2.45, 2.75) is 25.3 Å². The van der Waals surface area contributed by atoms with Gasteiger partial charge in [0.05, 0.1) is 17.3 Å². The summed E-state index contributed by atoms with van der Waals surface area (Å²) in [7, 11) is 1.87. The average molecular weight is 508 g/mol. The van der Waals surface area contributed by atoms with Gasteiger partial charge in [0.1, 0.15) is 5.65 Å². The maximum Gasteiger partial charge on any atom is 0.319 e. The van der Waals surface area contributed by atoms with Crippen molar-refractivity contribution in [3.8, 4) is 0 Å². The number of carbonyl (C=O) groups excluding carboxylic acids is 2. The maximum atomic E-state index is 13.3. The van der Waals surface area contributed by atoms with Gasteiger partial charge in [0.25, 0.3) is 5.91 Å². The lowest BCUT2D eigenvalue weighted by Gasteiger charge is -2.32. The topological polar surface area (TPSA) is 96.6 Å². The van der Waals surface area contributed by atoms with E-state index in [1.807, 2.05) is 71.2 Å². The molecular weight excluding hydrogens is 478 g/mol. The summed E-state index contributed by atoms with van der Waals surface area (Å²) in [6, 6.07) is 17.5. The summed E-state index contributed by atoms with van der Waals surface area (Å²) in [5.74, 6) is 0.444. The number of hydrogen-bond donors (Lipinski definition) is 2. The van der Waals surface area contributed by atoms with Crippen LogP contribution in [0.2, 0.25) is 0 Å². The molecule has 9 heteroatoms. The van der Waals surface area contributed by atoms with Crippen LogP contribution in [0.25, 0.3) is 16.6 Å². The predicted molar refractivity (Wildman–Crippen MR) is 146 cm³/mol. The van der Waals surface area contributed by atoms with Crippen molar-refractivity contribution in [1.29, 1.82) is 0 Å². The Kier molecular flexibility index (Phi) is 6.25. The lowest BCUT2D eigenvalue weighted by Crippen LogP contribution is -2.38. The lowest BCUT2D eigenvalue weighted by atomic mass is 9.89. The predicted octanol–water partition coefficient (Wildman–Crippen LogP) is 4.56. The molecule has 1 fully saturated rings. The Bertz CT molecular complexity index is 1610. The average Bonchev–Trinajstić information content (AvgIpc) is 3.58. The second-order valence-corrected chi connectivity index (χ2v) is 9.74. The number of aromatic nitrogens is 4. The number of imidazole rings is 1.